The number of anilines is 1. The largest absolute Gasteiger partial charge is 0.321 e. The fourth-order valence-electron chi connectivity index (χ4n) is 2.33. The molecule has 0 unspecified atom stereocenters. The molecule has 5 nitrogen and oxygen atoms in total. The standard InChI is InChI=1S/C18H11FN2O3S/c19-16-4-2-1-3-13(16)9-14(11-20)18(22)21-15-6-5-12-7-8-25(23,24)17(12)10-15/h1-10H,(H,21,22)/b14-9+. The molecule has 1 heterocycles. The van der Waals surface area contributed by atoms with E-state index < -0.39 is 21.6 Å². The summed E-state index contributed by atoms with van der Waals surface area (Å²) in [5, 5.41) is 12.7. The molecule has 124 valence electrons. The minimum absolute atomic E-state index is 0.0851. The molecule has 0 aromatic heterocycles. The Hall–Kier alpha value is -3.24. The molecule has 0 aliphatic carbocycles. The van der Waals surface area contributed by atoms with Crippen molar-refractivity contribution in [2.45, 2.75) is 4.90 Å². The number of carbonyl (C=O) groups excluding carboxylic acids is 1. The minimum Gasteiger partial charge on any atom is -0.321 e. The van der Waals surface area contributed by atoms with Crippen molar-refractivity contribution in [1.82, 2.24) is 0 Å². The monoisotopic (exact) mass is 354 g/mol. The number of carbonyl (C=O) groups is 1. The van der Waals surface area contributed by atoms with E-state index in [1.54, 1.807) is 18.2 Å². The average molecular weight is 354 g/mol. The maximum absolute atomic E-state index is 13.7. The summed E-state index contributed by atoms with van der Waals surface area (Å²) in [5.41, 5.74) is 0.563. The van der Waals surface area contributed by atoms with Gasteiger partial charge in [0.05, 0.1) is 4.90 Å². The van der Waals surface area contributed by atoms with E-state index >= 15 is 0 Å². The Labute approximate surface area is 143 Å². The fourth-order valence-corrected chi connectivity index (χ4v) is 3.56. The lowest BCUT2D eigenvalue weighted by atomic mass is 10.1. The maximum atomic E-state index is 13.7. The minimum atomic E-state index is -3.50. The number of fused-ring (bicyclic) bond motifs is 1. The topological polar surface area (TPSA) is 87.0 Å². The molecule has 0 bridgehead atoms. The van der Waals surface area contributed by atoms with Gasteiger partial charge >= 0.3 is 0 Å². The van der Waals surface area contributed by atoms with Gasteiger partial charge in [0, 0.05) is 16.7 Å². The molecule has 1 amide bonds. The van der Waals surface area contributed by atoms with Crippen molar-refractivity contribution in [1.29, 1.82) is 5.26 Å². The third-order valence-corrected chi connectivity index (χ3v) is 5.04. The van der Waals surface area contributed by atoms with Crippen molar-refractivity contribution in [3.05, 3.63) is 70.4 Å². The quantitative estimate of drug-likeness (QED) is 0.678. The number of hydrogen-bond acceptors (Lipinski definition) is 4. The Kier molecular flexibility index (Phi) is 4.21. The van der Waals surface area contributed by atoms with Crippen molar-refractivity contribution in [3.8, 4) is 6.07 Å². The van der Waals surface area contributed by atoms with Crippen LogP contribution in [0.5, 0.6) is 0 Å². The number of sulfone groups is 1. The van der Waals surface area contributed by atoms with Gasteiger partial charge in [-0.15, -0.1) is 0 Å². The number of halogens is 1. The normalized spacial score (nSPS) is 14.6. The fraction of sp³-hybridized carbons (Fsp3) is 0. The molecule has 0 atom stereocenters. The molecule has 0 saturated carbocycles. The number of nitrogens with one attached hydrogen (secondary N) is 1. The summed E-state index contributed by atoms with van der Waals surface area (Å²) in [7, 11) is -3.50. The summed E-state index contributed by atoms with van der Waals surface area (Å²) in [6, 6.07) is 11.9. The van der Waals surface area contributed by atoms with Gasteiger partial charge in [0.15, 0.2) is 0 Å². The van der Waals surface area contributed by atoms with Crippen LogP contribution in [0.1, 0.15) is 11.1 Å². The summed E-state index contributed by atoms with van der Waals surface area (Å²) in [5.74, 6) is -1.31. The Morgan fingerprint density at radius 2 is 1.96 bits per heavy atom. The van der Waals surface area contributed by atoms with Crippen molar-refractivity contribution in [3.63, 3.8) is 0 Å². The van der Waals surface area contributed by atoms with E-state index in [1.165, 1.54) is 36.4 Å². The molecule has 3 rings (SSSR count). The highest BCUT2D eigenvalue weighted by atomic mass is 32.2. The molecule has 7 heteroatoms. The zero-order chi connectivity index (χ0) is 18.0. The predicted molar refractivity (Wildman–Crippen MR) is 91.3 cm³/mol. The Balaban J connectivity index is 1.88. The van der Waals surface area contributed by atoms with Gasteiger partial charge in [-0.1, -0.05) is 24.3 Å². The molecule has 0 radical (unpaired) electrons. The van der Waals surface area contributed by atoms with E-state index in [9.17, 15) is 17.6 Å². The number of nitriles is 1. The zero-order valence-electron chi connectivity index (χ0n) is 12.7. The van der Waals surface area contributed by atoms with Crippen LogP contribution in [0, 0.1) is 17.1 Å². The van der Waals surface area contributed by atoms with Crippen molar-refractivity contribution in [2.24, 2.45) is 0 Å². The first kappa shape index (κ1) is 16.6. The van der Waals surface area contributed by atoms with Gasteiger partial charge in [-0.25, -0.2) is 12.8 Å². The van der Waals surface area contributed by atoms with Crippen LogP contribution in [0.25, 0.3) is 12.2 Å². The van der Waals surface area contributed by atoms with Crippen LogP contribution >= 0.6 is 0 Å². The van der Waals surface area contributed by atoms with Crippen molar-refractivity contribution >= 4 is 33.6 Å². The van der Waals surface area contributed by atoms with Crippen molar-refractivity contribution in [2.75, 3.05) is 5.32 Å². The van der Waals surface area contributed by atoms with Gasteiger partial charge in [0.25, 0.3) is 5.91 Å². The van der Waals surface area contributed by atoms with Crippen LogP contribution in [0.2, 0.25) is 0 Å². The van der Waals surface area contributed by atoms with Gasteiger partial charge in [-0.3, -0.25) is 4.79 Å². The van der Waals surface area contributed by atoms with E-state index in [1.807, 2.05) is 0 Å². The van der Waals surface area contributed by atoms with Gasteiger partial charge < -0.3 is 5.32 Å². The first-order chi connectivity index (χ1) is 11.9. The van der Waals surface area contributed by atoms with Crippen molar-refractivity contribution < 1.29 is 17.6 Å². The SMILES string of the molecule is N#C/C(=C\c1ccccc1F)C(=O)Nc1ccc2c(c1)S(=O)(=O)C=C2. The number of nitrogens with zero attached hydrogens (tertiary/aromatic N) is 1. The van der Waals surface area contributed by atoms with Crippen LogP contribution in [0.3, 0.4) is 0 Å². The lowest BCUT2D eigenvalue weighted by molar-refractivity contribution is -0.112. The molecule has 2 aromatic rings. The third kappa shape index (κ3) is 3.34. The van der Waals surface area contributed by atoms with E-state index in [2.05, 4.69) is 5.32 Å². The molecule has 0 fully saturated rings. The Morgan fingerprint density at radius 1 is 1.20 bits per heavy atom. The van der Waals surface area contributed by atoms with Crippen LogP contribution in [-0.4, -0.2) is 14.3 Å². The molecule has 1 aliphatic heterocycles. The molecular weight excluding hydrogens is 343 g/mol. The second-order valence-corrected chi connectivity index (χ2v) is 7.05. The third-order valence-electron chi connectivity index (χ3n) is 3.57. The summed E-state index contributed by atoms with van der Waals surface area (Å²) in [6.45, 7) is 0. The lowest BCUT2D eigenvalue weighted by Gasteiger charge is -2.07. The van der Waals surface area contributed by atoms with E-state index in [0.29, 0.717) is 5.56 Å². The molecule has 1 aliphatic rings. The first-order valence-electron chi connectivity index (χ1n) is 7.15. The van der Waals surface area contributed by atoms with Gasteiger partial charge in [-0.2, -0.15) is 5.26 Å². The molecule has 0 saturated heterocycles. The number of amides is 1. The van der Waals surface area contributed by atoms with Crippen LogP contribution in [0.4, 0.5) is 10.1 Å². The Morgan fingerprint density at radius 3 is 2.68 bits per heavy atom. The number of rotatable bonds is 3. The van der Waals surface area contributed by atoms with Gasteiger partial charge in [-0.05, 0) is 35.9 Å². The summed E-state index contributed by atoms with van der Waals surface area (Å²) in [6.07, 6.45) is 2.60. The Bertz CT molecular complexity index is 1080. The molecule has 25 heavy (non-hydrogen) atoms. The first-order valence-corrected chi connectivity index (χ1v) is 8.70. The lowest BCUT2D eigenvalue weighted by Crippen LogP contribution is -2.14. The summed E-state index contributed by atoms with van der Waals surface area (Å²) in [4.78, 5) is 12.3. The van der Waals surface area contributed by atoms with E-state index in [4.69, 9.17) is 5.26 Å². The second kappa shape index (κ2) is 6.34. The van der Waals surface area contributed by atoms with Gasteiger partial charge in [0.1, 0.15) is 17.5 Å². The number of hydrogen-bond donors (Lipinski definition) is 1. The highest BCUT2D eigenvalue weighted by Gasteiger charge is 2.21. The zero-order valence-corrected chi connectivity index (χ0v) is 13.5. The predicted octanol–water partition coefficient (Wildman–Crippen LogP) is 3.13. The highest BCUT2D eigenvalue weighted by molar-refractivity contribution is 7.94. The summed E-state index contributed by atoms with van der Waals surface area (Å²) < 4.78 is 37.4. The highest BCUT2D eigenvalue weighted by Crippen LogP contribution is 2.29. The van der Waals surface area contributed by atoms with E-state index in [0.717, 1.165) is 11.5 Å². The second-order valence-electron chi connectivity index (χ2n) is 5.25. The van der Waals surface area contributed by atoms with Crippen LogP contribution in [-0.2, 0) is 14.6 Å². The molecular formula is C18H11FN2O3S. The van der Waals surface area contributed by atoms with Gasteiger partial charge in [0.2, 0.25) is 9.84 Å². The van der Waals surface area contributed by atoms with E-state index in [-0.39, 0.29) is 21.7 Å². The maximum Gasteiger partial charge on any atom is 0.266 e. The molecule has 1 N–H and O–H groups in total. The van der Waals surface area contributed by atoms with Crippen LogP contribution < -0.4 is 5.32 Å². The summed E-state index contributed by atoms with van der Waals surface area (Å²) >= 11 is 0. The number of benzene rings is 2. The molecule has 0 spiro atoms. The smallest absolute Gasteiger partial charge is 0.266 e. The molecule has 2 aromatic carbocycles. The van der Waals surface area contributed by atoms with Crippen LogP contribution in [0.15, 0.2) is 58.3 Å². The average Bonchev–Trinajstić information content (AvgIpc) is 2.89.